The molecular formula is C14H10Br2F3N. The maximum Gasteiger partial charge on any atom is 0.417 e. The van der Waals surface area contributed by atoms with Crippen molar-refractivity contribution < 1.29 is 13.2 Å². The molecule has 0 amide bonds. The Morgan fingerprint density at radius 2 is 1.75 bits per heavy atom. The van der Waals surface area contributed by atoms with Gasteiger partial charge in [0, 0.05) is 21.2 Å². The van der Waals surface area contributed by atoms with Crippen molar-refractivity contribution in [2.45, 2.75) is 12.7 Å². The molecule has 0 heterocycles. The molecule has 0 saturated heterocycles. The topological polar surface area (TPSA) is 12.0 Å². The van der Waals surface area contributed by atoms with Gasteiger partial charge in [-0.1, -0.05) is 44.0 Å². The second-order valence-corrected chi connectivity index (χ2v) is 5.95. The van der Waals surface area contributed by atoms with Gasteiger partial charge in [-0.15, -0.1) is 0 Å². The number of alkyl halides is 3. The lowest BCUT2D eigenvalue weighted by Crippen LogP contribution is -2.07. The molecule has 1 nitrogen and oxygen atoms in total. The quantitative estimate of drug-likeness (QED) is 0.672. The number of hydrogen-bond donors (Lipinski definition) is 1. The van der Waals surface area contributed by atoms with Gasteiger partial charge in [0.05, 0.1) is 5.56 Å². The molecule has 0 aliphatic rings. The minimum Gasteiger partial charge on any atom is -0.381 e. The van der Waals surface area contributed by atoms with Crippen LogP contribution in [0.5, 0.6) is 0 Å². The molecule has 0 spiro atoms. The molecule has 0 atom stereocenters. The zero-order chi connectivity index (χ0) is 14.8. The van der Waals surface area contributed by atoms with E-state index in [2.05, 4.69) is 37.2 Å². The van der Waals surface area contributed by atoms with Gasteiger partial charge in [0.2, 0.25) is 0 Å². The lowest BCUT2D eigenvalue weighted by Gasteiger charge is -2.12. The molecule has 2 aromatic rings. The summed E-state index contributed by atoms with van der Waals surface area (Å²) < 4.78 is 39.3. The molecule has 0 aliphatic carbocycles. The van der Waals surface area contributed by atoms with Gasteiger partial charge in [-0.2, -0.15) is 13.2 Å². The van der Waals surface area contributed by atoms with Crippen LogP contribution < -0.4 is 5.32 Å². The van der Waals surface area contributed by atoms with E-state index in [1.165, 1.54) is 6.07 Å². The summed E-state index contributed by atoms with van der Waals surface area (Å²) >= 11 is 6.27. The standard InChI is InChI=1S/C14H10Br2F3N/c15-10-3-1-2-9(6-10)8-20-11-4-5-13(16)12(7-11)14(17,18)19/h1-7,20H,8H2. The highest BCUT2D eigenvalue weighted by atomic mass is 79.9. The first-order valence-corrected chi connectivity index (χ1v) is 7.30. The van der Waals surface area contributed by atoms with Gasteiger partial charge in [-0.3, -0.25) is 0 Å². The maximum atomic E-state index is 12.8. The molecule has 0 fully saturated rings. The van der Waals surface area contributed by atoms with E-state index in [4.69, 9.17) is 0 Å². The van der Waals surface area contributed by atoms with Gasteiger partial charge in [-0.25, -0.2) is 0 Å². The molecule has 0 bridgehead atoms. The average Bonchev–Trinajstić information content (AvgIpc) is 2.36. The zero-order valence-corrected chi connectivity index (χ0v) is 13.3. The molecule has 0 saturated carbocycles. The molecule has 2 rings (SSSR count). The fourth-order valence-corrected chi connectivity index (χ4v) is 2.62. The predicted octanol–water partition coefficient (Wildman–Crippen LogP) is 5.84. The maximum absolute atomic E-state index is 12.8. The van der Waals surface area contributed by atoms with Crippen molar-refractivity contribution in [1.82, 2.24) is 0 Å². The Balaban J connectivity index is 2.14. The van der Waals surface area contributed by atoms with Crippen molar-refractivity contribution in [3.8, 4) is 0 Å². The Labute approximate surface area is 131 Å². The molecule has 2 aromatic carbocycles. The van der Waals surface area contributed by atoms with Crippen LogP contribution >= 0.6 is 31.9 Å². The Kier molecular flexibility index (Phi) is 4.75. The molecule has 20 heavy (non-hydrogen) atoms. The van der Waals surface area contributed by atoms with E-state index < -0.39 is 11.7 Å². The van der Waals surface area contributed by atoms with E-state index in [9.17, 15) is 13.2 Å². The molecular weight excluding hydrogens is 399 g/mol. The number of hydrogen-bond acceptors (Lipinski definition) is 1. The third-order valence-electron chi connectivity index (χ3n) is 2.66. The molecule has 0 unspecified atom stereocenters. The van der Waals surface area contributed by atoms with E-state index >= 15 is 0 Å². The highest BCUT2D eigenvalue weighted by molar-refractivity contribution is 9.10. The van der Waals surface area contributed by atoms with E-state index in [1.54, 1.807) is 6.07 Å². The highest BCUT2D eigenvalue weighted by Gasteiger charge is 2.33. The molecule has 1 N–H and O–H groups in total. The zero-order valence-electron chi connectivity index (χ0n) is 10.1. The van der Waals surface area contributed by atoms with Crippen LogP contribution in [0.15, 0.2) is 51.4 Å². The van der Waals surface area contributed by atoms with E-state index in [-0.39, 0.29) is 4.47 Å². The fraction of sp³-hybridized carbons (Fsp3) is 0.143. The number of halogens is 5. The summed E-state index contributed by atoms with van der Waals surface area (Å²) in [5.74, 6) is 0. The predicted molar refractivity (Wildman–Crippen MR) is 80.6 cm³/mol. The van der Waals surface area contributed by atoms with E-state index in [1.807, 2.05) is 24.3 Å². The van der Waals surface area contributed by atoms with Crippen LogP contribution in [0, 0.1) is 0 Å². The van der Waals surface area contributed by atoms with Crippen molar-refractivity contribution in [3.63, 3.8) is 0 Å². The van der Waals surface area contributed by atoms with E-state index in [0.717, 1.165) is 16.1 Å². The van der Waals surface area contributed by atoms with Gasteiger partial charge < -0.3 is 5.32 Å². The van der Waals surface area contributed by atoms with Gasteiger partial charge in [0.25, 0.3) is 0 Å². The van der Waals surface area contributed by atoms with Gasteiger partial charge >= 0.3 is 6.18 Å². The van der Waals surface area contributed by atoms with Crippen LogP contribution in [0.25, 0.3) is 0 Å². The number of anilines is 1. The first-order chi connectivity index (χ1) is 9.36. The Morgan fingerprint density at radius 1 is 1.00 bits per heavy atom. The number of nitrogens with one attached hydrogen (secondary N) is 1. The summed E-state index contributed by atoms with van der Waals surface area (Å²) in [5.41, 5.74) is 0.730. The van der Waals surface area contributed by atoms with Crippen molar-refractivity contribution in [2.24, 2.45) is 0 Å². The molecule has 0 aliphatic heterocycles. The van der Waals surface area contributed by atoms with Crippen LogP contribution in [0.3, 0.4) is 0 Å². The van der Waals surface area contributed by atoms with Crippen molar-refractivity contribution in [2.75, 3.05) is 5.32 Å². The second kappa shape index (κ2) is 6.18. The Morgan fingerprint density at radius 3 is 2.40 bits per heavy atom. The SMILES string of the molecule is FC(F)(F)c1cc(NCc2cccc(Br)c2)ccc1Br. The molecule has 6 heteroatoms. The Hall–Kier alpha value is -1.01. The van der Waals surface area contributed by atoms with Crippen LogP contribution in [0.2, 0.25) is 0 Å². The van der Waals surface area contributed by atoms with Crippen molar-refractivity contribution in [1.29, 1.82) is 0 Å². The summed E-state index contributed by atoms with van der Waals surface area (Å²) in [7, 11) is 0. The summed E-state index contributed by atoms with van der Waals surface area (Å²) in [6.07, 6.45) is -4.37. The molecule has 0 aromatic heterocycles. The monoisotopic (exact) mass is 407 g/mol. The lowest BCUT2D eigenvalue weighted by molar-refractivity contribution is -0.138. The minimum absolute atomic E-state index is 0.0398. The normalized spacial score (nSPS) is 11.4. The minimum atomic E-state index is -4.37. The third-order valence-corrected chi connectivity index (χ3v) is 3.84. The Bertz CT molecular complexity index is 612. The average molecular weight is 409 g/mol. The summed E-state index contributed by atoms with van der Waals surface area (Å²) in [4.78, 5) is 0. The van der Waals surface area contributed by atoms with Gasteiger partial charge in [0.15, 0.2) is 0 Å². The molecule has 0 radical (unpaired) electrons. The smallest absolute Gasteiger partial charge is 0.381 e. The molecule has 106 valence electrons. The van der Waals surface area contributed by atoms with Crippen LogP contribution in [-0.4, -0.2) is 0 Å². The summed E-state index contributed by atoms with van der Waals surface area (Å²) in [6.45, 7) is 0.457. The van der Waals surface area contributed by atoms with Gasteiger partial charge in [0.1, 0.15) is 0 Å². The second-order valence-electron chi connectivity index (χ2n) is 4.18. The summed E-state index contributed by atoms with van der Waals surface area (Å²) in [5, 5.41) is 2.99. The largest absolute Gasteiger partial charge is 0.417 e. The van der Waals surface area contributed by atoms with Crippen LogP contribution in [0.4, 0.5) is 18.9 Å². The number of benzene rings is 2. The highest BCUT2D eigenvalue weighted by Crippen LogP contribution is 2.36. The van der Waals surface area contributed by atoms with Gasteiger partial charge in [-0.05, 0) is 35.9 Å². The van der Waals surface area contributed by atoms with Crippen molar-refractivity contribution in [3.05, 3.63) is 62.5 Å². The first-order valence-electron chi connectivity index (χ1n) is 5.71. The summed E-state index contributed by atoms with van der Waals surface area (Å²) in [6, 6.07) is 11.7. The van der Waals surface area contributed by atoms with Crippen LogP contribution in [0.1, 0.15) is 11.1 Å². The third kappa shape index (κ3) is 3.99. The first kappa shape index (κ1) is 15.4. The number of rotatable bonds is 3. The fourth-order valence-electron chi connectivity index (χ4n) is 1.70. The van der Waals surface area contributed by atoms with Crippen LogP contribution in [-0.2, 0) is 12.7 Å². The lowest BCUT2D eigenvalue weighted by atomic mass is 10.2. The van der Waals surface area contributed by atoms with E-state index in [0.29, 0.717) is 12.2 Å². The van der Waals surface area contributed by atoms with Crippen molar-refractivity contribution >= 4 is 37.5 Å².